The number of rotatable bonds is 6. The molecule has 1 aromatic heterocycles. The fourth-order valence-electron chi connectivity index (χ4n) is 3.96. The van der Waals surface area contributed by atoms with Crippen molar-refractivity contribution in [1.29, 1.82) is 0 Å². The Balaban J connectivity index is -0.000000267. The van der Waals surface area contributed by atoms with Gasteiger partial charge in [-0.3, -0.25) is 0 Å². The van der Waals surface area contributed by atoms with Crippen molar-refractivity contribution in [2.24, 2.45) is 0 Å². The Morgan fingerprint density at radius 2 is 1.21 bits per heavy atom. The van der Waals surface area contributed by atoms with Crippen molar-refractivity contribution < 1.29 is 10.8 Å². The van der Waals surface area contributed by atoms with Gasteiger partial charge in [0, 0.05) is 31.9 Å². The van der Waals surface area contributed by atoms with E-state index in [4.69, 9.17) is 15.0 Å². The van der Waals surface area contributed by atoms with Crippen LogP contribution in [0.1, 0.15) is 55.8 Å². The first-order chi connectivity index (χ1) is 13.8. The van der Waals surface area contributed by atoms with Gasteiger partial charge in [-0.05, 0) is 44.1 Å². The summed E-state index contributed by atoms with van der Waals surface area (Å²) in [7, 11) is 0. The highest BCUT2D eigenvalue weighted by molar-refractivity contribution is 5.85. The van der Waals surface area contributed by atoms with Gasteiger partial charge in [0.2, 0.25) is 17.8 Å². The number of nitrogens with one attached hydrogen (secondary N) is 1. The molecule has 33 heavy (non-hydrogen) atoms. The lowest BCUT2D eigenvalue weighted by atomic mass is 10.1. The second kappa shape index (κ2) is 16.4. The maximum Gasteiger partial charge on any atom is 0.231 e. The van der Waals surface area contributed by atoms with Crippen molar-refractivity contribution in [2.45, 2.75) is 44.6 Å². The van der Waals surface area contributed by atoms with E-state index in [0.717, 1.165) is 43.6 Å². The average Bonchev–Trinajstić information content (AvgIpc) is 2.79. The number of aromatic nitrogens is 3. The van der Waals surface area contributed by atoms with Crippen LogP contribution in [0, 0.1) is 0 Å². The molecular weight excluding hydrogens is 444 g/mol. The third-order valence-corrected chi connectivity index (χ3v) is 5.58. The molecule has 2 aromatic rings. The molecule has 2 saturated heterocycles. The lowest BCUT2D eigenvalue weighted by Gasteiger charge is -2.30. The molecule has 2 aliphatic heterocycles. The van der Waals surface area contributed by atoms with E-state index < -0.39 is 0 Å². The van der Waals surface area contributed by atoms with Crippen LogP contribution in [0.5, 0.6) is 0 Å². The smallest absolute Gasteiger partial charge is 0.231 e. The summed E-state index contributed by atoms with van der Waals surface area (Å²) in [6.07, 6.45) is 7.25. The van der Waals surface area contributed by atoms with Crippen LogP contribution in [-0.4, -0.2) is 52.8 Å². The molecule has 0 spiro atoms. The van der Waals surface area contributed by atoms with Gasteiger partial charge in [-0.25, -0.2) is 0 Å². The van der Waals surface area contributed by atoms with Crippen LogP contribution in [0.25, 0.3) is 0 Å². The van der Waals surface area contributed by atoms with Crippen molar-refractivity contribution in [2.75, 3.05) is 47.9 Å². The molecule has 0 aliphatic carbocycles. The maximum atomic E-state index is 9.92. The number of aliphatic hydroxyl groups excluding tert-OH is 1. The molecule has 0 bridgehead atoms. The molecule has 2 fully saturated rings. The van der Waals surface area contributed by atoms with Gasteiger partial charge in [-0.2, -0.15) is 15.0 Å². The minimum Gasteiger partial charge on any atom is -0.394 e. The molecule has 14 N–H and O–H groups in total. The van der Waals surface area contributed by atoms with Crippen LogP contribution in [0.4, 0.5) is 17.8 Å². The highest BCUT2D eigenvalue weighted by Crippen LogP contribution is 2.24. The van der Waals surface area contributed by atoms with Crippen LogP contribution < -0.4 is 39.7 Å². The molecular formula is C21H51ClN10O. The van der Waals surface area contributed by atoms with Crippen molar-refractivity contribution in [3.8, 4) is 0 Å². The molecule has 2 aliphatic rings. The summed E-state index contributed by atoms with van der Waals surface area (Å²) in [5.74, 6) is 2.05. The van der Waals surface area contributed by atoms with E-state index in [0.29, 0.717) is 5.95 Å². The molecule has 11 nitrogen and oxygen atoms in total. The molecule has 12 heteroatoms. The second-order valence-corrected chi connectivity index (χ2v) is 7.64. The van der Waals surface area contributed by atoms with Crippen LogP contribution in [0.2, 0.25) is 0 Å². The van der Waals surface area contributed by atoms with Crippen LogP contribution in [0.3, 0.4) is 0 Å². The van der Waals surface area contributed by atoms with Gasteiger partial charge in [0.05, 0.1) is 12.6 Å². The zero-order valence-corrected chi connectivity index (χ0v) is 20.5. The topological polar surface area (TPSA) is 217 Å². The number of hydrogen-bond acceptors (Lipinski definition) is 11. The summed E-state index contributed by atoms with van der Waals surface area (Å²) in [5.41, 5.74) is 1.02. The van der Waals surface area contributed by atoms with Gasteiger partial charge in [0.1, 0.15) is 0 Å². The van der Waals surface area contributed by atoms with Crippen LogP contribution >= 0.6 is 12.4 Å². The molecule has 1 aromatic carbocycles. The minimum atomic E-state index is -0.244. The summed E-state index contributed by atoms with van der Waals surface area (Å²) in [6, 6.07) is 9.70. The SMILES string of the molecule is Cl.N.N.N.N.OC[C@H](Nc1nc(N2CCCCC2)nc(N2CCCCC2)n1)c1ccccc1.[HH].[HH].[HH].[HH]. The third-order valence-electron chi connectivity index (χ3n) is 5.58. The number of nitrogens with zero attached hydrogens (tertiary/aromatic N) is 5. The molecule has 0 saturated carbocycles. The summed E-state index contributed by atoms with van der Waals surface area (Å²) < 4.78 is 0. The lowest BCUT2D eigenvalue weighted by Crippen LogP contribution is -2.34. The zero-order chi connectivity index (χ0) is 19.2. The van der Waals surface area contributed by atoms with Crippen molar-refractivity contribution in [3.05, 3.63) is 35.9 Å². The third kappa shape index (κ3) is 8.54. The Labute approximate surface area is 209 Å². The Kier molecular flexibility index (Phi) is 16.3. The van der Waals surface area contributed by atoms with E-state index in [1.165, 1.54) is 38.5 Å². The molecule has 4 rings (SSSR count). The van der Waals surface area contributed by atoms with Crippen molar-refractivity contribution >= 4 is 30.3 Å². The Morgan fingerprint density at radius 3 is 1.64 bits per heavy atom. The number of halogens is 1. The maximum absolute atomic E-state index is 9.92. The standard InChI is InChI=1S/C21H30N6O.ClH.4H3N.4H2/c28-16-18(17-10-4-1-5-11-17)22-19-23-20(26-12-6-2-7-13-26)25-21(24-19)27-14-8-3-9-15-27;;;;;;;;;/h1,4-5,10-11,18,28H,2-3,6-9,12-16H2,(H,22,23,24,25);1H;4*1H3;4*1H/t18-;;;;;;;;;/m0........./s1. The number of piperidine rings is 2. The highest BCUT2D eigenvalue weighted by atomic mass is 35.5. The largest absolute Gasteiger partial charge is 0.394 e. The minimum absolute atomic E-state index is 0. The highest BCUT2D eigenvalue weighted by Gasteiger charge is 2.21. The Hall–Kier alpha value is -2.28. The summed E-state index contributed by atoms with van der Waals surface area (Å²) in [5, 5.41) is 13.3. The summed E-state index contributed by atoms with van der Waals surface area (Å²) in [4.78, 5) is 18.8. The fraction of sp³-hybridized carbons (Fsp3) is 0.571. The number of hydrogen-bond donors (Lipinski definition) is 6. The quantitative estimate of drug-likeness (QED) is 0.311. The van der Waals surface area contributed by atoms with E-state index in [2.05, 4.69) is 15.1 Å². The molecule has 0 radical (unpaired) electrons. The Bertz CT molecular complexity index is 740. The zero-order valence-electron chi connectivity index (χ0n) is 19.7. The predicted molar refractivity (Wildman–Crippen MR) is 148 cm³/mol. The first-order valence-electron chi connectivity index (χ1n) is 10.5. The molecule has 3 heterocycles. The fourth-order valence-corrected chi connectivity index (χ4v) is 3.96. The van der Waals surface area contributed by atoms with Crippen molar-refractivity contribution in [1.82, 2.24) is 39.6 Å². The first-order valence-corrected chi connectivity index (χ1v) is 10.5. The first kappa shape index (κ1) is 32.9. The summed E-state index contributed by atoms with van der Waals surface area (Å²) in [6.45, 7) is 3.94. The van der Waals surface area contributed by atoms with Gasteiger partial charge in [-0.1, -0.05) is 30.3 Å². The van der Waals surface area contributed by atoms with Gasteiger partial charge < -0.3 is 44.8 Å². The molecule has 0 amide bonds. The van der Waals surface area contributed by atoms with E-state index in [1.807, 2.05) is 30.3 Å². The average molecular weight is 495 g/mol. The predicted octanol–water partition coefficient (Wildman–Crippen LogP) is 5.05. The van der Waals surface area contributed by atoms with Crippen molar-refractivity contribution in [3.63, 3.8) is 0 Å². The van der Waals surface area contributed by atoms with Crippen LogP contribution in [0.15, 0.2) is 30.3 Å². The van der Waals surface area contributed by atoms with Gasteiger partial charge in [-0.15, -0.1) is 12.4 Å². The van der Waals surface area contributed by atoms with E-state index >= 15 is 0 Å². The van der Waals surface area contributed by atoms with E-state index in [1.54, 1.807) is 0 Å². The van der Waals surface area contributed by atoms with Crippen LogP contribution in [-0.2, 0) is 0 Å². The molecule has 1 atom stereocenters. The summed E-state index contributed by atoms with van der Waals surface area (Å²) >= 11 is 0. The molecule has 0 unspecified atom stereocenters. The van der Waals surface area contributed by atoms with E-state index in [9.17, 15) is 5.11 Å². The number of benzene rings is 1. The number of anilines is 3. The van der Waals surface area contributed by atoms with E-state index in [-0.39, 0.29) is 55.4 Å². The second-order valence-electron chi connectivity index (χ2n) is 7.64. The van der Waals surface area contributed by atoms with Gasteiger partial charge >= 0.3 is 0 Å². The molecule has 198 valence electrons. The number of aliphatic hydroxyl groups is 1. The Morgan fingerprint density at radius 1 is 0.758 bits per heavy atom. The van der Waals surface area contributed by atoms with Gasteiger partial charge in [0.15, 0.2) is 0 Å². The van der Waals surface area contributed by atoms with Gasteiger partial charge in [0.25, 0.3) is 0 Å². The monoisotopic (exact) mass is 494 g/mol. The lowest BCUT2D eigenvalue weighted by molar-refractivity contribution is 0.276. The normalized spacial score (nSPS) is 15.9.